The molecule has 1 fully saturated rings. The van der Waals surface area contributed by atoms with E-state index < -0.39 is 261 Å². The number of nitrogens with zero attached hydrogens (tertiary/aromatic N) is 1. The molecule has 113 heavy (non-hydrogen) atoms. The van der Waals surface area contributed by atoms with Gasteiger partial charge in [-0.1, -0.05) is 83.9 Å². The minimum atomic E-state index is -2.26. The van der Waals surface area contributed by atoms with Crippen LogP contribution in [0.25, 0.3) is 10.9 Å². The Labute approximate surface area is 649 Å². The minimum Gasteiger partial charge on any atom is -0.481 e. The van der Waals surface area contributed by atoms with Crippen molar-refractivity contribution in [1.82, 2.24) is 73.7 Å². The molecule has 3 rings (SSSR count). The molecule has 15 amide bonds. The number of hydrogen-bond acceptors (Lipinski definition) is 22. The van der Waals surface area contributed by atoms with E-state index in [0.717, 1.165) is 53.0 Å². The molecule has 42 nitrogen and oxygen atoms in total. The summed E-state index contributed by atoms with van der Waals surface area (Å²) < 4.78 is 5.78. The summed E-state index contributed by atoms with van der Waals surface area (Å²) in [6.07, 6.45) is -2.19. The van der Waals surface area contributed by atoms with E-state index in [-0.39, 0.29) is 45.1 Å². The molecule has 0 spiro atoms. The SMILES string of the molecule is CCCCCCCCCC(=O)NC(Cc1c[nH]c2ccccc12)C(=O)NC(CCC(=O)O)C(=O)NC(CC(N)=O)C(=O)NC1C(=O)N(C)CC(=O)NC(C)C(=O)NC(CC(=O)O)C(=O)NC(CCCCN)C(=O)NC(CC(=O)O)C(=O)NCC(=O)NC(CC(N)=O)C(=O)NC(CCC(=O)O)C(=O)NC(C(C)CC)C(=O)OC1C. The number of aromatic amines is 1. The number of carbonyl (C=O) groups excluding carboxylic acids is 16. The number of likely N-dealkylation sites (N-methyl/N-ethyl adjacent to an activating group) is 1. The van der Waals surface area contributed by atoms with Crippen LogP contribution in [0.15, 0.2) is 30.5 Å². The van der Waals surface area contributed by atoms with Crippen LogP contribution in [0.3, 0.4) is 0 Å². The number of ether oxygens (including phenoxy) is 1. The van der Waals surface area contributed by atoms with Gasteiger partial charge in [0.15, 0.2) is 0 Å². The highest BCUT2D eigenvalue weighted by Crippen LogP contribution is 2.21. The Hall–Kier alpha value is -11.9. The number of aromatic nitrogens is 1. The summed E-state index contributed by atoms with van der Waals surface area (Å²) in [6, 6.07) is -14.2. The Bertz CT molecular complexity index is 3740. The summed E-state index contributed by atoms with van der Waals surface area (Å²) in [5.74, 6) is -27.6. The number of cyclic esters (lactones) is 1. The lowest BCUT2D eigenvalue weighted by Gasteiger charge is -2.32. The molecule has 1 aliphatic rings. The first kappa shape index (κ1) is 95.3. The molecule has 13 unspecified atom stereocenters. The molecule has 2 heterocycles. The van der Waals surface area contributed by atoms with Crippen LogP contribution in [0.2, 0.25) is 0 Å². The summed E-state index contributed by atoms with van der Waals surface area (Å²) in [5.41, 5.74) is 17.9. The number of amides is 15. The summed E-state index contributed by atoms with van der Waals surface area (Å²) in [5, 5.41) is 66.9. The molecule has 626 valence electrons. The Balaban J connectivity index is 2.23. The van der Waals surface area contributed by atoms with E-state index in [0.29, 0.717) is 34.2 Å². The Morgan fingerprint density at radius 3 is 1.71 bits per heavy atom. The molecule has 0 bridgehead atoms. The van der Waals surface area contributed by atoms with E-state index >= 15 is 0 Å². The average molecular weight is 1600 g/mol. The molecule has 1 aromatic carbocycles. The first-order chi connectivity index (χ1) is 53.3. The number of rotatable bonds is 37. The molecule has 1 saturated heterocycles. The standard InChI is InChI=1S/C71H107N17O25/c1-7-9-10-11-12-13-14-22-52(91)78-45(28-39-33-75-41-20-16-15-19-40(39)41)66(107)81-43(23-25-55(94)95)64(105)84-47(30-51(74)90)69(110)87-60-38(5)113-71(112)59(36(3)8-2)86-65(106)44(24-26-56(96)97)82-67(108)46(29-50(73)89)79-53(92)34-76-62(103)48(31-57(98)99)85-63(104)42(21-17-18-27-72)80-68(109)49(32-58(100)101)83-61(102)37(4)77-54(93)35-88(6)70(60)111/h15-16,19-20,33,36-38,42-49,59-60,75H,7-14,17-18,21-32,34-35,72H2,1-6H3,(H2,73,89)(H2,74,90)(H,76,103)(H,77,93)(H,78,91)(H,79,92)(H,80,109)(H,81,107)(H,82,108)(H,83,102)(H,84,105)(H,85,104)(H,86,106)(H,87,110)(H,94,95)(H,96,97)(H,98,99)(H,100,101). The van der Waals surface area contributed by atoms with Crippen LogP contribution in [0.5, 0.6) is 0 Å². The maximum atomic E-state index is 14.9. The van der Waals surface area contributed by atoms with Gasteiger partial charge in [0, 0.05) is 49.8 Å². The number of esters is 1. The molecular weight excluding hydrogens is 1490 g/mol. The number of benzene rings is 1. The minimum absolute atomic E-state index is 0.00488. The number of para-hydroxylation sites is 1. The van der Waals surface area contributed by atoms with E-state index in [4.69, 9.17) is 21.9 Å². The predicted octanol–water partition coefficient (Wildman–Crippen LogP) is -4.67. The molecule has 13 atom stereocenters. The molecular formula is C71H107N17O25. The summed E-state index contributed by atoms with van der Waals surface area (Å²) in [6.45, 7) is 4.84. The van der Waals surface area contributed by atoms with Crippen LogP contribution in [-0.4, -0.2) is 248 Å². The van der Waals surface area contributed by atoms with Crippen LogP contribution in [0.1, 0.15) is 169 Å². The van der Waals surface area contributed by atoms with Gasteiger partial charge in [-0.25, -0.2) is 4.79 Å². The Morgan fingerprint density at radius 1 is 0.566 bits per heavy atom. The van der Waals surface area contributed by atoms with E-state index in [9.17, 15) is 116 Å². The highest BCUT2D eigenvalue weighted by molar-refractivity contribution is 6.02. The van der Waals surface area contributed by atoms with Crippen molar-refractivity contribution < 1.29 is 121 Å². The van der Waals surface area contributed by atoms with Crippen molar-refractivity contribution in [2.75, 3.05) is 26.7 Å². The van der Waals surface area contributed by atoms with Crippen molar-refractivity contribution in [3.8, 4) is 0 Å². The maximum absolute atomic E-state index is 14.9. The van der Waals surface area contributed by atoms with Gasteiger partial charge in [-0.05, 0) is 76.5 Å². The number of carboxylic acid groups (broad SMARTS) is 4. The monoisotopic (exact) mass is 1600 g/mol. The van der Waals surface area contributed by atoms with E-state index in [1.54, 1.807) is 30.5 Å². The van der Waals surface area contributed by atoms with Crippen molar-refractivity contribution in [1.29, 1.82) is 0 Å². The van der Waals surface area contributed by atoms with Gasteiger partial charge < -0.3 is 116 Å². The van der Waals surface area contributed by atoms with Crippen molar-refractivity contribution >= 4 is 129 Å². The van der Waals surface area contributed by atoms with E-state index in [1.165, 1.54) is 13.8 Å². The largest absolute Gasteiger partial charge is 0.481 e. The van der Waals surface area contributed by atoms with Gasteiger partial charge in [0.05, 0.1) is 38.8 Å². The third kappa shape index (κ3) is 34.5. The van der Waals surface area contributed by atoms with Crippen molar-refractivity contribution in [3.05, 3.63) is 36.0 Å². The summed E-state index contributed by atoms with van der Waals surface area (Å²) in [7, 11) is 0.948. The van der Waals surface area contributed by atoms with Crippen molar-refractivity contribution in [2.24, 2.45) is 23.1 Å². The van der Waals surface area contributed by atoms with Gasteiger partial charge in [-0.2, -0.15) is 0 Å². The second-order valence-corrected chi connectivity index (χ2v) is 27.4. The van der Waals surface area contributed by atoms with Gasteiger partial charge in [0.1, 0.15) is 72.6 Å². The fourth-order valence-electron chi connectivity index (χ4n) is 11.6. The molecule has 0 radical (unpaired) electrons. The zero-order chi connectivity index (χ0) is 84.8. The fraction of sp³-hybridized carbons (Fsp3) is 0.606. The molecule has 2 aromatic rings. The maximum Gasteiger partial charge on any atom is 0.329 e. The van der Waals surface area contributed by atoms with Gasteiger partial charge >= 0.3 is 29.8 Å². The lowest BCUT2D eigenvalue weighted by atomic mass is 9.98. The Kier molecular flexibility index (Phi) is 41.1. The predicted molar refractivity (Wildman–Crippen MR) is 396 cm³/mol. The van der Waals surface area contributed by atoms with Crippen molar-refractivity contribution in [3.63, 3.8) is 0 Å². The smallest absolute Gasteiger partial charge is 0.329 e. The number of H-pyrrole nitrogens is 1. The van der Waals surface area contributed by atoms with E-state index in [2.05, 4.69) is 70.4 Å². The number of primary amides is 2. The number of fused-ring (bicyclic) bond motifs is 1. The highest BCUT2D eigenvalue weighted by atomic mass is 16.5. The number of aliphatic carboxylic acids is 4. The number of carbonyl (C=O) groups is 20. The number of unbranched alkanes of at least 4 members (excludes halogenated alkanes) is 7. The third-order valence-electron chi connectivity index (χ3n) is 18.1. The molecule has 1 aromatic heterocycles. The van der Waals surface area contributed by atoms with Crippen LogP contribution >= 0.6 is 0 Å². The van der Waals surface area contributed by atoms with Gasteiger partial charge in [0.25, 0.3) is 0 Å². The topological polar surface area (TPSA) is 673 Å². The highest BCUT2D eigenvalue weighted by Gasteiger charge is 2.41. The van der Waals surface area contributed by atoms with Gasteiger partial charge in [-0.3, -0.25) is 91.1 Å². The summed E-state index contributed by atoms with van der Waals surface area (Å²) >= 11 is 0. The normalized spacial score (nSPS) is 21.5. The third-order valence-corrected chi connectivity index (χ3v) is 18.1. The number of hydrogen-bond donors (Lipinski definition) is 20. The van der Waals surface area contributed by atoms with Gasteiger partial charge in [-0.15, -0.1) is 0 Å². The van der Waals surface area contributed by atoms with Crippen LogP contribution < -0.4 is 81.0 Å². The Morgan fingerprint density at radius 2 is 1.12 bits per heavy atom. The zero-order valence-corrected chi connectivity index (χ0v) is 63.9. The fourth-order valence-corrected chi connectivity index (χ4v) is 11.6. The van der Waals surface area contributed by atoms with Crippen LogP contribution in [-0.2, 0) is 107 Å². The van der Waals surface area contributed by atoms with Crippen LogP contribution in [0, 0.1) is 5.92 Å². The van der Waals surface area contributed by atoms with E-state index in [1.807, 2.05) is 5.32 Å². The molecule has 23 N–H and O–H groups in total. The lowest BCUT2D eigenvalue weighted by molar-refractivity contribution is -0.159. The van der Waals surface area contributed by atoms with Crippen LogP contribution in [0.4, 0.5) is 0 Å². The zero-order valence-electron chi connectivity index (χ0n) is 63.9. The lowest BCUT2D eigenvalue weighted by Crippen LogP contribution is -2.62. The number of nitrogens with one attached hydrogen (secondary N) is 13. The molecule has 0 aliphatic carbocycles. The second-order valence-electron chi connectivity index (χ2n) is 27.4. The second kappa shape index (κ2) is 48.7. The number of carboxylic acids is 4. The first-order valence-corrected chi connectivity index (χ1v) is 37.0. The molecule has 0 saturated carbocycles. The first-order valence-electron chi connectivity index (χ1n) is 37.0. The average Bonchev–Trinajstić information content (AvgIpc) is 1.75. The number of nitrogens with two attached hydrogens (primary N) is 3. The molecule has 42 heteroatoms. The summed E-state index contributed by atoms with van der Waals surface area (Å²) in [4.78, 5) is 275. The van der Waals surface area contributed by atoms with Crippen molar-refractivity contribution in [2.45, 2.75) is 242 Å². The van der Waals surface area contributed by atoms with Gasteiger partial charge in [0.2, 0.25) is 88.6 Å². The quantitative estimate of drug-likeness (QED) is 0.0223. The molecule has 1 aliphatic heterocycles.